The predicted molar refractivity (Wildman–Crippen MR) is 93.1 cm³/mol. The van der Waals surface area contributed by atoms with Crippen molar-refractivity contribution in [1.82, 2.24) is 30.3 Å². The van der Waals surface area contributed by atoms with Crippen LogP contribution in [0.2, 0.25) is 0 Å². The van der Waals surface area contributed by atoms with Gasteiger partial charge in [-0.3, -0.25) is 0 Å². The van der Waals surface area contributed by atoms with Crippen LogP contribution in [0.4, 0.5) is 4.39 Å². The number of hydrogen-bond acceptors (Lipinski definition) is 7. The Morgan fingerprint density at radius 2 is 2.00 bits per heavy atom. The number of benzene rings is 2. The highest BCUT2D eigenvalue weighted by atomic mass is 32.2. The Kier molecular flexibility index (Phi) is 4.44. The van der Waals surface area contributed by atoms with E-state index in [1.807, 2.05) is 31.2 Å². The lowest BCUT2D eigenvalue weighted by Gasteiger charge is -2.03. The second-order valence-corrected chi connectivity index (χ2v) is 6.46. The van der Waals surface area contributed by atoms with Gasteiger partial charge in [0.1, 0.15) is 5.82 Å². The molecule has 0 aliphatic heterocycles. The van der Waals surface area contributed by atoms with Gasteiger partial charge in [-0.1, -0.05) is 29.1 Å². The first-order valence-electron chi connectivity index (χ1n) is 7.76. The van der Waals surface area contributed by atoms with Gasteiger partial charge in [-0.2, -0.15) is 9.67 Å². The molecule has 130 valence electrons. The largest absolute Gasteiger partial charge is 0.338 e. The molecule has 4 aromatic rings. The number of thioether (sulfide) groups is 1. The molecule has 0 aliphatic rings. The van der Waals surface area contributed by atoms with Gasteiger partial charge in [0.15, 0.2) is 0 Å². The normalized spacial score (nSPS) is 11.0. The van der Waals surface area contributed by atoms with Crippen molar-refractivity contribution < 1.29 is 8.91 Å². The highest BCUT2D eigenvalue weighted by molar-refractivity contribution is 7.98. The van der Waals surface area contributed by atoms with Crippen LogP contribution in [0.15, 0.2) is 58.2 Å². The Morgan fingerprint density at radius 3 is 2.81 bits per heavy atom. The summed E-state index contributed by atoms with van der Waals surface area (Å²) in [5.74, 6) is 0.961. The molecule has 0 saturated carbocycles. The van der Waals surface area contributed by atoms with Gasteiger partial charge in [-0.15, -0.1) is 5.10 Å². The Hall–Kier alpha value is -3.07. The van der Waals surface area contributed by atoms with Crippen molar-refractivity contribution in [1.29, 1.82) is 0 Å². The van der Waals surface area contributed by atoms with E-state index in [1.54, 1.807) is 16.8 Å². The summed E-state index contributed by atoms with van der Waals surface area (Å²) in [5.41, 5.74) is 2.70. The lowest BCUT2D eigenvalue weighted by Crippen LogP contribution is -1.99. The van der Waals surface area contributed by atoms with Crippen molar-refractivity contribution in [2.24, 2.45) is 0 Å². The summed E-state index contributed by atoms with van der Waals surface area (Å²) in [7, 11) is 0. The molecule has 0 N–H and O–H groups in total. The van der Waals surface area contributed by atoms with Crippen LogP contribution in [0.3, 0.4) is 0 Å². The van der Waals surface area contributed by atoms with Crippen molar-refractivity contribution in [3.05, 3.63) is 65.8 Å². The molecule has 0 fully saturated rings. The molecule has 7 nitrogen and oxygen atoms in total. The van der Waals surface area contributed by atoms with Gasteiger partial charge in [0.2, 0.25) is 16.9 Å². The maximum atomic E-state index is 13.0. The summed E-state index contributed by atoms with van der Waals surface area (Å²) in [4.78, 5) is 4.33. The second-order valence-electron chi connectivity index (χ2n) is 5.52. The second kappa shape index (κ2) is 7.04. The molecule has 0 aliphatic carbocycles. The smallest absolute Gasteiger partial charge is 0.237 e. The van der Waals surface area contributed by atoms with Crippen LogP contribution in [0.25, 0.3) is 17.1 Å². The zero-order chi connectivity index (χ0) is 17.9. The minimum absolute atomic E-state index is 0.309. The molecular formula is C17H13FN6OS. The maximum Gasteiger partial charge on any atom is 0.237 e. The maximum absolute atomic E-state index is 13.0. The lowest BCUT2D eigenvalue weighted by atomic mass is 10.2. The van der Waals surface area contributed by atoms with Crippen LogP contribution in [0, 0.1) is 12.7 Å². The van der Waals surface area contributed by atoms with Crippen LogP contribution in [-0.2, 0) is 5.75 Å². The number of hydrogen-bond donors (Lipinski definition) is 0. The summed E-state index contributed by atoms with van der Waals surface area (Å²) < 4.78 is 19.9. The summed E-state index contributed by atoms with van der Waals surface area (Å²) in [6, 6.07) is 13.8. The summed E-state index contributed by atoms with van der Waals surface area (Å²) in [5, 5.41) is 16.4. The molecule has 2 aromatic heterocycles. The van der Waals surface area contributed by atoms with Crippen LogP contribution in [0.1, 0.15) is 11.5 Å². The molecule has 0 amide bonds. The van der Waals surface area contributed by atoms with Crippen molar-refractivity contribution >= 4 is 11.8 Å². The fourth-order valence-corrected chi connectivity index (χ4v) is 3.07. The molecule has 2 aromatic carbocycles. The molecule has 0 unspecified atom stereocenters. The van der Waals surface area contributed by atoms with E-state index in [0.29, 0.717) is 28.2 Å². The standard InChI is InChI=1S/C17H13FN6OS/c1-11-3-2-4-14(9-11)24-17(20-22-23-24)26-10-15-19-16(21-25-15)12-5-7-13(18)8-6-12/h2-9H,10H2,1H3. The van der Waals surface area contributed by atoms with Gasteiger partial charge in [-0.25, -0.2) is 4.39 Å². The van der Waals surface area contributed by atoms with E-state index >= 15 is 0 Å². The molecule has 4 rings (SSSR count). The summed E-state index contributed by atoms with van der Waals surface area (Å²) in [6.07, 6.45) is 0. The van der Waals surface area contributed by atoms with E-state index in [1.165, 1.54) is 23.9 Å². The minimum atomic E-state index is -0.309. The van der Waals surface area contributed by atoms with E-state index in [2.05, 4.69) is 25.7 Å². The number of halogens is 1. The van der Waals surface area contributed by atoms with Gasteiger partial charge >= 0.3 is 0 Å². The molecule has 0 saturated heterocycles. The van der Waals surface area contributed by atoms with Gasteiger partial charge < -0.3 is 4.52 Å². The third-order valence-electron chi connectivity index (χ3n) is 3.58. The highest BCUT2D eigenvalue weighted by Crippen LogP contribution is 2.23. The van der Waals surface area contributed by atoms with Gasteiger partial charge in [0, 0.05) is 5.56 Å². The predicted octanol–water partition coefficient (Wildman–Crippen LogP) is 3.45. The number of nitrogens with zero attached hydrogens (tertiary/aromatic N) is 6. The molecule has 0 spiro atoms. The van der Waals surface area contributed by atoms with E-state index in [-0.39, 0.29) is 5.82 Å². The number of tetrazole rings is 1. The molecule has 0 bridgehead atoms. The van der Waals surface area contributed by atoms with E-state index in [9.17, 15) is 4.39 Å². The molecule has 26 heavy (non-hydrogen) atoms. The Balaban J connectivity index is 1.49. The average Bonchev–Trinajstić information content (AvgIpc) is 3.30. The highest BCUT2D eigenvalue weighted by Gasteiger charge is 2.13. The van der Waals surface area contributed by atoms with Crippen molar-refractivity contribution in [3.63, 3.8) is 0 Å². The van der Waals surface area contributed by atoms with Gasteiger partial charge in [0.05, 0.1) is 11.4 Å². The zero-order valence-electron chi connectivity index (χ0n) is 13.7. The number of aryl methyl sites for hydroxylation is 1. The van der Waals surface area contributed by atoms with E-state index in [0.717, 1.165) is 11.3 Å². The zero-order valence-corrected chi connectivity index (χ0v) is 14.5. The van der Waals surface area contributed by atoms with E-state index < -0.39 is 0 Å². The monoisotopic (exact) mass is 368 g/mol. The Morgan fingerprint density at radius 1 is 1.15 bits per heavy atom. The topological polar surface area (TPSA) is 82.5 Å². The molecule has 0 atom stereocenters. The molecule has 9 heteroatoms. The van der Waals surface area contributed by atoms with Crippen molar-refractivity contribution in [3.8, 4) is 17.1 Å². The van der Waals surface area contributed by atoms with E-state index in [4.69, 9.17) is 4.52 Å². The van der Waals surface area contributed by atoms with Gasteiger partial charge in [0.25, 0.3) is 0 Å². The number of rotatable bonds is 5. The SMILES string of the molecule is Cc1cccc(-n2nnnc2SCc2nc(-c3ccc(F)cc3)no2)c1. The van der Waals surface area contributed by atoms with Crippen molar-refractivity contribution in [2.75, 3.05) is 0 Å². The fourth-order valence-electron chi connectivity index (χ4n) is 2.35. The third-order valence-corrected chi connectivity index (χ3v) is 4.49. The number of aromatic nitrogens is 6. The lowest BCUT2D eigenvalue weighted by molar-refractivity contribution is 0.391. The van der Waals surface area contributed by atoms with Crippen LogP contribution < -0.4 is 0 Å². The Labute approximate surface area is 152 Å². The van der Waals surface area contributed by atoms with Crippen molar-refractivity contribution in [2.45, 2.75) is 17.8 Å². The third kappa shape index (κ3) is 3.47. The van der Waals surface area contributed by atoms with Crippen LogP contribution in [0.5, 0.6) is 0 Å². The first-order valence-corrected chi connectivity index (χ1v) is 8.74. The Bertz CT molecular complexity index is 1030. The first kappa shape index (κ1) is 16.4. The molecular weight excluding hydrogens is 355 g/mol. The van der Waals surface area contributed by atoms with Crippen LogP contribution in [-0.4, -0.2) is 30.3 Å². The fraction of sp³-hybridized carbons (Fsp3) is 0.118. The summed E-state index contributed by atoms with van der Waals surface area (Å²) in [6.45, 7) is 2.01. The molecule has 2 heterocycles. The summed E-state index contributed by atoms with van der Waals surface area (Å²) >= 11 is 1.39. The first-order chi connectivity index (χ1) is 12.7. The van der Waals surface area contributed by atoms with Gasteiger partial charge in [-0.05, 0) is 59.3 Å². The average molecular weight is 368 g/mol. The van der Waals surface area contributed by atoms with Crippen LogP contribution >= 0.6 is 11.8 Å². The quantitative estimate of drug-likeness (QED) is 0.499. The minimum Gasteiger partial charge on any atom is -0.338 e. The molecule has 0 radical (unpaired) electrons.